The lowest BCUT2D eigenvalue weighted by molar-refractivity contribution is -0.133. The maximum Gasteiger partial charge on any atom is 0.247 e. The molecular formula is C13H21N3O2. The van der Waals surface area contributed by atoms with Gasteiger partial charge in [0.05, 0.1) is 6.26 Å². The number of rotatable bonds is 4. The molecule has 1 N–H and O–H groups in total. The molecule has 5 heteroatoms. The second kappa shape index (κ2) is 5.54. The van der Waals surface area contributed by atoms with Crippen molar-refractivity contribution in [3.63, 3.8) is 0 Å². The molecule has 18 heavy (non-hydrogen) atoms. The lowest BCUT2D eigenvalue weighted by Crippen LogP contribution is -2.42. The number of hydrogen-bond donors (Lipinski definition) is 1. The fourth-order valence-electron chi connectivity index (χ4n) is 2.26. The molecule has 0 fully saturated rings. The van der Waals surface area contributed by atoms with Crippen molar-refractivity contribution in [3.05, 3.63) is 23.7 Å². The Hall–Kier alpha value is -1.33. The number of furan rings is 1. The van der Waals surface area contributed by atoms with Crippen LogP contribution in [-0.2, 0) is 11.2 Å². The number of fused-ring (bicyclic) bond motifs is 1. The molecule has 1 aliphatic heterocycles. The third-order valence-corrected chi connectivity index (χ3v) is 3.36. The molecule has 1 aromatic heterocycles. The Morgan fingerprint density at radius 3 is 3.00 bits per heavy atom. The van der Waals surface area contributed by atoms with Gasteiger partial charge < -0.3 is 19.5 Å². The third kappa shape index (κ3) is 2.57. The van der Waals surface area contributed by atoms with Crippen molar-refractivity contribution in [2.45, 2.75) is 12.5 Å². The van der Waals surface area contributed by atoms with Crippen molar-refractivity contribution in [3.8, 4) is 0 Å². The van der Waals surface area contributed by atoms with Crippen LogP contribution < -0.4 is 5.32 Å². The van der Waals surface area contributed by atoms with Gasteiger partial charge in [0.2, 0.25) is 5.91 Å². The van der Waals surface area contributed by atoms with E-state index in [1.54, 1.807) is 13.3 Å². The third-order valence-electron chi connectivity index (χ3n) is 3.36. The number of amides is 1. The average Bonchev–Trinajstić information content (AvgIpc) is 2.73. The van der Waals surface area contributed by atoms with Crippen molar-refractivity contribution in [2.75, 3.05) is 40.8 Å². The molecule has 0 saturated heterocycles. The zero-order valence-electron chi connectivity index (χ0n) is 11.3. The van der Waals surface area contributed by atoms with Gasteiger partial charge in [0, 0.05) is 19.6 Å². The van der Waals surface area contributed by atoms with Crippen molar-refractivity contribution < 1.29 is 9.21 Å². The van der Waals surface area contributed by atoms with Crippen molar-refractivity contribution >= 4 is 5.91 Å². The second-order valence-corrected chi connectivity index (χ2v) is 4.91. The maximum atomic E-state index is 12.4. The summed E-state index contributed by atoms with van der Waals surface area (Å²) in [7, 11) is 5.83. The Kier molecular flexibility index (Phi) is 4.04. The van der Waals surface area contributed by atoms with Gasteiger partial charge in [0.25, 0.3) is 0 Å². The minimum absolute atomic E-state index is 0.105. The quantitative estimate of drug-likeness (QED) is 0.846. The molecule has 0 bridgehead atoms. The van der Waals surface area contributed by atoms with Crippen LogP contribution in [0.4, 0.5) is 0 Å². The van der Waals surface area contributed by atoms with Crippen LogP contribution in [0.25, 0.3) is 0 Å². The van der Waals surface area contributed by atoms with Gasteiger partial charge in [-0.15, -0.1) is 0 Å². The predicted molar refractivity (Wildman–Crippen MR) is 69.3 cm³/mol. The van der Waals surface area contributed by atoms with E-state index >= 15 is 0 Å². The highest BCUT2D eigenvalue weighted by molar-refractivity contribution is 5.83. The van der Waals surface area contributed by atoms with Crippen LogP contribution in [0, 0.1) is 0 Å². The molecule has 1 aliphatic rings. The molecular weight excluding hydrogens is 230 g/mol. The van der Waals surface area contributed by atoms with Crippen LogP contribution >= 0.6 is 0 Å². The first-order chi connectivity index (χ1) is 8.63. The lowest BCUT2D eigenvalue weighted by Gasteiger charge is -2.25. The van der Waals surface area contributed by atoms with Crippen molar-refractivity contribution in [1.82, 2.24) is 15.1 Å². The largest absolute Gasteiger partial charge is 0.467 e. The highest BCUT2D eigenvalue weighted by atomic mass is 16.3. The van der Waals surface area contributed by atoms with E-state index in [9.17, 15) is 4.79 Å². The van der Waals surface area contributed by atoms with Crippen LogP contribution in [0.3, 0.4) is 0 Å². The molecule has 0 saturated carbocycles. The number of carbonyl (C=O) groups is 1. The first-order valence-corrected chi connectivity index (χ1v) is 6.30. The molecule has 1 amide bonds. The molecule has 0 radical (unpaired) electrons. The van der Waals surface area contributed by atoms with Gasteiger partial charge in [-0.2, -0.15) is 0 Å². The zero-order chi connectivity index (χ0) is 13.1. The van der Waals surface area contributed by atoms with E-state index in [-0.39, 0.29) is 11.9 Å². The highest BCUT2D eigenvalue weighted by Gasteiger charge is 2.31. The van der Waals surface area contributed by atoms with E-state index in [1.807, 2.05) is 25.1 Å². The SMILES string of the molecule is CNC1C(=O)N(CCN(C)C)CCc2ccoc21. The number of nitrogens with zero attached hydrogens (tertiary/aromatic N) is 2. The summed E-state index contributed by atoms with van der Waals surface area (Å²) in [5.74, 6) is 0.878. The zero-order valence-corrected chi connectivity index (χ0v) is 11.3. The Labute approximate surface area is 108 Å². The first kappa shape index (κ1) is 13.1. The Morgan fingerprint density at radius 2 is 2.33 bits per heavy atom. The average molecular weight is 251 g/mol. The smallest absolute Gasteiger partial charge is 0.247 e. The summed E-state index contributed by atoms with van der Waals surface area (Å²) in [5.41, 5.74) is 1.13. The second-order valence-electron chi connectivity index (χ2n) is 4.91. The van der Waals surface area contributed by atoms with E-state index in [0.717, 1.165) is 37.4 Å². The Bertz CT molecular complexity index is 414. The van der Waals surface area contributed by atoms with Crippen molar-refractivity contribution in [2.24, 2.45) is 0 Å². The predicted octanol–water partition coefficient (Wildman–Crippen LogP) is 0.486. The van der Waals surface area contributed by atoms with Gasteiger partial charge in [-0.05, 0) is 39.2 Å². The molecule has 100 valence electrons. The van der Waals surface area contributed by atoms with E-state index in [2.05, 4.69) is 10.2 Å². The molecule has 5 nitrogen and oxygen atoms in total. The Morgan fingerprint density at radius 1 is 1.56 bits per heavy atom. The monoisotopic (exact) mass is 251 g/mol. The fraction of sp³-hybridized carbons (Fsp3) is 0.615. The molecule has 0 spiro atoms. The van der Waals surface area contributed by atoms with Crippen LogP contribution in [0.1, 0.15) is 17.4 Å². The molecule has 2 rings (SSSR count). The van der Waals surface area contributed by atoms with E-state index in [0.29, 0.717) is 0 Å². The normalized spacial score (nSPS) is 20.1. The summed E-state index contributed by atoms with van der Waals surface area (Å²) in [5, 5.41) is 3.06. The van der Waals surface area contributed by atoms with Crippen molar-refractivity contribution in [1.29, 1.82) is 0 Å². The van der Waals surface area contributed by atoms with E-state index < -0.39 is 0 Å². The van der Waals surface area contributed by atoms with Gasteiger partial charge in [0.15, 0.2) is 0 Å². The summed E-state index contributed by atoms with van der Waals surface area (Å²) >= 11 is 0. The van der Waals surface area contributed by atoms with Crippen LogP contribution in [0.2, 0.25) is 0 Å². The van der Waals surface area contributed by atoms with Crippen LogP contribution in [-0.4, -0.2) is 56.5 Å². The molecule has 0 aromatic carbocycles. The lowest BCUT2D eigenvalue weighted by atomic mass is 10.1. The summed E-state index contributed by atoms with van der Waals surface area (Å²) in [6.07, 6.45) is 2.53. The van der Waals surface area contributed by atoms with Gasteiger partial charge >= 0.3 is 0 Å². The van der Waals surface area contributed by atoms with Gasteiger partial charge in [-0.25, -0.2) is 0 Å². The van der Waals surface area contributed by atoms with Gasteiger partial charge in [-0.1, -0.05) is 0 Å². The fourth-order valence-corrected chi connectivity index (χ4v) is 2.26. The number of hydrogen-bond acceptors (Lipinski definition) is 4. The van der Waals surface area contributed by atoms with E-state index in [4.69, 9.17) is 4.42 Å². The molecule has 2 heterocycles. The number of nitrogens with one attached hydrogen (secondary N) is 1. The van der Waals surface area contributed by atoms with Gasteiger partial charge in [-0.3, -0.25) is 4.79 Å². The first-order valence-electron chi connectivity index (χ1n) is 6.30. The number of likely N-dealkylation sites (N-methyl/N-ethyl adjacent to an activating group) is 2. The summed E-state index contributed by atoms with van der Waals surface area (Å²) in [4.78, 5) is 16.4. The minimum atomic E-state index is -0.348. The van der Waals surface area contributed by atoms with E-state index in [1.165, 1.54) is 0 Å². The highest BCUT2D eigenvalue weighted by Crippen LogP contribution is 2.25. The molecule has 1 unspecified atom stereocenters. The van der Waals surface area contributed by atoms with Crippen LogP contribution in [0.5, 0.6) is 0 Å². The Balaban J connectivity index is 2.14. The molecule has 0 aliphatic carbocycles. The summed E-state index contributed by atoms with van der Waals surface area (Å²) in [6, 6.07) is 1.61. The van der Waals surface area contributed by atoms with Crippen LogP contribution in [0.15, 0.2) is 16.7 Å². The molecule has 1 atom stereocenters. The molecule has 1 aromatic rings. The maximum absolute atomic E-state index is 12.4. The van der Waals surface area contributed by atoms with Gasteiger partial charge in [0.1, 0.15) is 11.8 Å². The standard InChI is InChI=1S/C13H21N3O2/c1-14-11-12-10(5-9-18-12)4-6-16(13(11)17)8-7-15(2)3/h5,9,11,14H,4,6-8H2,1-3H3. The summed E-state index contributed by atoms with van der Waals surface area (Å²) in [6.45, 7) is 2.40. The topological polar surface area (TPSA) is 48.7 Å². The number of carbonyl (C=O) groups excluding carboxylic acids is 1. The minimum Gasteiger partial charge on any atom is -0.467 e. The summed E-state index contributed by atoms with van der Waals surface area (Å²) < 4.78 is 5.46.